The number of fused-ring (bicyclic) bond motifs is 9. The van der Waals surface area contributed by atoms with Crippen LogP contribution in [0.5, 0.6) is 0 Å². The number of thiophene rings is 2. The van der Waals surface area contributed by atoms with Gasteiger partial charge in [-0.25, -0.2) is 0 Å². The van der Waals surface area contributed by atoms with Gasteiger partial charge >= 0.3 is 14.2 Å². The van der Waals surface area contributed by atoms with Crippen molar-refractivity contribution in [1.29, 1.82) is 0 Å². The third-order valence-corrected chi connectivity index (χ3v) is 22.1. The van der Waals surface area contributed by atoms with Crippen LogP contribution in [-0.4, -0.2) is 52.8 Å². The van der Waals surface area contributed by atoms with Crippen LogP contribution in [0.2, 0.25) is 26.2 Å². The molecule has 4 aliphatic rings. The molecular weight excluding hydrogens is 638 g/mol. The Balaban J connectivity index is 1.27. The van der Waals surface area contributed by atoms with Crippen LogP contribution in [0.4, 0.5) is 0 Å². The van der Waals surface area contributed by atoms with Gasteiger partial charge in [-0.15, -0.1) is 22.7 Å². The van der Waals surface area contributed by atoms with E-state index in [-0.39, 0.29) is 36.6 Å². The predicted molar refractivity (Wildman–Crippen MR) is 205 cm³/mol. The summed E-state index contributed by atoms with van der Waals surface area (Å²) in [6, 6.07) is 9.93. The van der Waals surface area contributed by atoms with Gasteiger partial charge in [0.2, 0.25) is 0 Å². The maximum absolute atomic E-state index is 6.51. The van der Waals surface area contributed by atoms with Crippen LogP contribution in [0.1, 0.15) is 66.5 Å². The van der Waals surface area contributed by atoms with E-state index in [2.05, 4.69) is 120 Å². The van der Waals surface area contributed by atoms with Crippen molar-refractivity contribution in [3.8, 4) is 20.9 Å². The van der Waals surface area contributed by atoms with Crippen LogP contribution in [0, 0.1) is 13.8 Å². The van der Waals surface area contributed by atoms with E-state index < -0.39 is 16.1 Å². The lowest BCUT2D eigenvalue weighted by molar-refractivity contribution is 0.00578. The topological polar surface area (TPSA) is 36.9 Å². The molecule has 2 saturated heterocycles. The van der Waals surface area contributed by atoms with Crippen molar-refractivity contribution in [1.82, 2.24) is 0 Å². The lowest BCUT2D eigenvalue weighted by atomic mass is 9.88. The molecule has 2 aromatic heterocycles. The van der Waals surface area contributed by atoms with Gasteiger partial charge < -0.3 is 18.6 Å². The first-order chi connectivity index (χ1) is 21.1. The van der Waals surface area contributed by atoms with Crippen LogP contribution >= 0.6 is 22.7 Å². The largest absolute Gasteiger partial charge is 0.505 e. The van der Waals surface area contributed by atoms with Gasteiger partial charge in [-0.05, 0) is 123 Å². The molecule has 0 bridgehead atoms. The van der Waals surface area contributed by atoms with Crippen molar-refractivity contribution in [3.63, 3.8) is 0 Å². The van der Waals surface area contributed by atoms with Gasteiger partial charge in [-0.1, -0.05) is 50.5 Å². The second-order valence-corrected chi connectivity index (χ2v) is 27.9. The van der Waals surface area contributed by atoms with Gasteiger partial charge in [-0.3, -0.25) is 0 Å². The molecule has 4 aromatic rings. The highest BCUT2D eigenvalue weighted by atomic mass is 32.1. The molecule has 6 heterocycles. The zero-order chi connectivity index (χ0) is 33.3. The summed E-state index contributed by atoms with van der Waals surface area (Å²) in [4.78, 5) is 2.88. The van der Waals surface area contributed by atoms with E-state index in [0.29, 0.717) is 0 Å². The smallest absolute Gasteiger partial charge is 0.399 e. The first-order valence-corrected chi connectivity index (χ1v) is 24.3. The maximum atomic E-state index is 6.51. The summed E-state index contributed by atoms with van der Waals surface area (Å²) in [5.41, 5.74) is 4.37. The van der Waals surface area contributed by atoms with Crippen molar-refractivity contribution in [3.05, 3.63) is 35.4 Å². The summed E-state index contributed by atoms with van der Waals surface area (Å²) in [5.74, 6) is 0. The Morgan fingerprint density at radius 3 is 1.13 bits per heavy atom. The lowest BCUT2D eigenvalue weighted by Crippen LogP contribution is -2.52. The third-order valence-electron chi connectivity index (χ3n) is 12.4. The van der Waals surface area contributed by atoms with Gasteiger partial charge in [0.25, 0.3) is 0 Å². The highest BCUT2D eigenvalue weighted by Gasteiger charge is 2.55. The summed E-state index contributed by atoms with van der Waals surface area (Å²) in [5, 5.41) is 9.27. The number of benzene rings is 2. The molecule has 8 rings (SSSR count). The number of rotatable bonds is 2. The van der Waals surface area contributed by atoms with Crippen LogP contribution in [0.15, 0.2) is 24.3 Å². The predicted octanol–water partition coefficient (Wildman–Crippen LogP) is 5.78. The minimum atomic E-state index is -2.01. The molecule has 0 saturated carbocycles. The Morgan fingerprint density at radius 1 is 0.522 bits per heavy atom. The molecule has 10 heteroatoms. The zero-order valence-electron chi connectivity index (χ0n) is 29.9. The van der Waals surface area contributed by atoms with Gasteiger partial charge in [0.15, 0.2) is 0 Å². The minimum absolute atomic E-state index is 0.312. The van der Waals surface area contributed by atoms with E-state index >= 15 is 0 Å². The molecule has 0 aliphatic carbocycles. The number of hydrogen-bond acceptors (Lipinski definition) is 6. The first kappa shape index (κ1) is 31.8. The molecule has 0 unspecified atom stereocenters. The average molecular weight is 685 g/mol. The number of aryl methyl sites for hydroxylation is 2. The van der Waals surface area contributed by atoms with E-state index in [1.54, 1.807) is 10.4 Å². The highest BCUT2D eigenvalue weighted by Crippen LogP contribution is 2.44. The van der Waals surface area contributed by atoms with Crippen LogP contribution in [0.3, 0.4) is 0 Å². The van der Waals surface area contributed by atoms with Gasteiger partial charge in [0.05, 0.1) is 22.4 Å². The summed E-state index contributed by atoms with van der Waals surface area (Å²) < 4.78 is 28.4. The van der Waals surface area contributed by atoms with E-state index in [4.69, 9.17) is 18.6 Å². The molecule has 0 atom stereocenters. The normalized spacial score (nSPS) is 23.6. The zero-order valence-corrected chi connectivity index (χ0v) is 33.5. The SMILES string of the molecule is Cc1cc2c3c(c(C)cc2c2c1-c1sc(B4OC(C)(C)C(C)(C)O4)cc1[Si]2(C)C)-c1sc(B2OC(C)(C)C(C)(C)O2)cc1[Si]3(C)C. The molecule has 240 valence electrons. The molecule has 0 N–H and O–H groups in total. The lowest BCUT2D eigenvalue weighted by Gasteiger charge is -2.32. The molecule has 2 fully saturated rings. The molecule has 0 amide bonds. The summed E-state index contributed by atoms with van der Waals surface area (Å²) >= 11 is 3.79. The second kappa shape index (κ2) is 9.18. The second-order valence-electron chi connectivity index (χ2n) is 17.2. The van der Waals surface area contributed by atoms with Gasteiger partial charge in [0.1, 0.15) is 16.1 Å². The van der Waals surface area contributed by atoms with Crippen molar-refractivity contribution in [2.75, 3.05) is 0 Å². The third kappa shape index (κ3) is 3.93. The van der Waals surface area contributed by atoms with E-state index in [1.165, 1.54) is 62.7 Å². The first-order valence-electron chi connectivity index (χ1n) is 16.7. The van der Waals surface area contributed by atoms with Crippen LogP contribution in [0.25, 0.3) is 31.7 Å². The Kier molecular flexibility index (Phi) is 6.34. The van der Waals surface area contributed by atoms with Crippen molar-refractivity contribution in [2.24, 2.45) is 0 Å². The molecule has 2 aromatic carbocycles. The molecular formula is C36H46B2O4S2Si2. The van der Waals surface area contributed by atoms with Crippen molar-refractivity contribution in [2.45, 2.75) is 118 Å². The monoisotopic (exact) mass is 684 g/mol. The fraction of sp³-hybridized carbons (Fsp3) is 0.500. The Morgan fingerprint density at radius 2 is 0.826 bits per heavy atom. The van der Waals surface area contributed by atoms with Crippen molar-refractivity contribution >= 4 is 94.1 Å². The Labute approximate surface area is 285 Å². The molecule has 4 aliphatic heterocycles. The molecule has 4 nitrogen and oxygen atoms in total. The van der Waals surface area contributed by atoms with Gasteiger partial charge in [-0.2, -0.15) is 0 Å². The van der Waals surface area contributed by atoms with Crippen molar-refractivity contribution < 1.29 is 18.6 Å². The summed E-state index contributed by atoms with van der Waals surface area (Å²) in [6.45, 7) is 32.0. The summed E-state index contributed by atoms with van der Waals surface area (Å²) in [7, 11) is -4.65. The standard InChI is InChI=1S/C36H46B2O4S2Si2/c1-19-15-21-22(31-27(19)29-23(45(31,11)12)17-25(43-29)37-39-33(3,4)34(5,6)40-37)16-20(2)28-30-24(46(13,14)32(21)28)18-26(44-30)38-41-35(7,8)36(9,10)42-38/h15-18H,1-14H3. The van der Waals surface area contributed by atoms with Crippen LogP contribution in [-0.2, 0) is 18.6 Å². The quantitative estimate of drug-likeness (QED) is 0.251. The average Bonchev–Trinajstić information content (AvgIpc) is 3.70. The van der Waals surface area contributed by atoms with E-state index in [1.807, 2.05) is 22.7 Å². The molecule has 46 heavy (non-hydrogen) atoms. The fourth-order valence-electron chi connectivity index (χ4n) is 8.23. The van der Waals surface area contributed by atoms with E-state index in [0.717, 1.165) is 0 Å². The minimum Gasteiger partial charge on any atom is -0.399 e. The molecule has 0 spiro atoms. The maximum Gasteiger partial charge on any atom is 0.505 e. The highest BCUT2D eigenvalue weighted by molar-refractivity contribution is 7.30. The Hall–Kier alpha value is -1.50. The number of hydrogen-bond donors (Lipinski definition) is 0. The molecule has 0 radical (unpaired) electrons. The van der Waals surface area contributed by atoms with Gasteiger partial charge in [0, 0.05) is 19.3 Å². The van der Waals surface area contributed by atoms with Crippen LogP contribution < -0.4 is 30.3 Å². The van der Waals surface area contributed by atoms with E-state index in [9.17, 15) is 0 Å². The fourth-order valence-corrected chi connectivity index (χ4v) is 19.4. The summed E-state index contributed by atoms with van der Waals surface area (Å²) in [6.07, 6.45) is 0. The Bertz CT molecular complexity index is 1840.